The van der Waals surface area contributed by atoms with Gasteiger partial charge in [0.2, 0.25) is 11.7 Å². The number of esters is 1. The molecule has 4 rings (SSSR count). The number of hydrogen-bond acceptors (Lipinski definition) is 8. The number of carbonyl (C=O) groups is 2. The zero-order valence-electron chi connectivity index (χ0n) is 16.2. The van der Waals surface area contributed by atoms with Crippen molar-refractivity contribution in [1.29, 1.82) is 0 Å². The molecule has 0 radical (unpaired) electrons. The Morgan fingerprint density at radius 2 is 1.97 bits per heavy atom. The van der Waals surface area contributed by atoms with Crippen molar-refractivity contribution in [2.45, 2.75) is 24.3 Å². The average molecular weight is 424 g/mol. The Labute approximate surface area is 177 Å². The Bertz CT molecular complexity index is 1020. The van der Waals surface area contributed by atoms with E-state index in [-0.39, 0.29) is 18.4 Å². The molecule has 9 heteroatoms. The summed E-state index contributed by atoms with van der Waals surface area (Å²) in [6, 6.07) is 10.7. The summed E-state index contributed by atoms with van der Waals surface area (Å²) in [5, 5.41) is 3.88. The van der Waals surface area contributed by atoms with Crippen LogP contribution in [0.5, 0.6) is 0 Å². The Hall–Kier alpha value is -3.20. The number of thioether (sulfide) groups is 1. The maximum Gasteiger partial charge on any atom is 0.339 e. The highest BCUT2D eigenvalue weighted by molar-refractivity contribution is 8.00. The van der Waals surface area contributed by atoms with E-state index < -0.39 is 5.97 Å². The number of pyridine rings is 1. The third-order valence-corrected chi connectivity index (χ3v) is 5.69. The van der Waals surface area contributed by atoms with E-state index in [4.69, 9.17) is 9.26 Å². The van der Waals surface area contributed by atoms with Gasteiger partial charge in [-0.2, -0.15) is 4.98 Å². The number of hydrogen-bond donors (Lipinski definition) is 0. The first kappa shape index (κ1) is 20.1. The third kappa shape index (κ3) is 4.85. The summed E-state index contributed by atoms with van der Waals surface area (Å²) in [5.74, 6) is 0.451. The van der Waals surface area contributed by atoms with E-state index in [1.54, 1.807) is 30.6 Å². The lowest BCUT2D eigenvalue weighted by molar-refractivity contribution is -0.127. The molecule has 0 atom stereocenters. The number of rotatable bonds is 7. The lowest BCUT2D eigenvalue weighted by Gasteiger charge is -2.15. The van der Waals surface area contributed by atoms with Crippen molar-refractivity contribution < 1.29 is 18.8 Å². The van der Waals surface area contributed by atoms with Crippen LogP contribution in [0.15, 0.2) is 58.2 Å². The van der Waals surface area contributed by atoms with Gasteiger partial charge in [0.05, 0.1) is 11.3 Å². The first-order valence-corrected chi connectivity index (χ1v) is 10.6. The fraction of sp³-hybridized carbons (Fsp3) is 0.286. The van der Waals surface area contributed by atoms with Gasteiger partial charge in [0.25, 0.3) is 5.89 Å². The molecule has 3 aromatic rings. The molecule has 154 valence electrons. The molecule has 3 heterocycles. The van der Waals surface area contributed by atoms with Gasteiger partial charge >= 0.3 is 5.97 Å². The van der Waals surface area contributed by atoms with Crippen molar-refractivity contribution >= 4 is 23.6 Å². The zero-order chi connectivity index (χ0) is 20.8. The highest BCUT2D eigenvalue weighted by atomic mass is 32.2. The molecular weight excluding hydrogens is 404 g/mol. The average Bonchev–Trinajstić information content (AvgIpc) is 3.49. The van der Waals surface area contributed by atoms with Crippen molar-refractivity contribution in [2.24, 2.45) is 0 Å². The molecule has 1 aromatic carbocycles. The minimum absolute atomic E-state index is 0.0921. The largest absolute Gasteiger partial charge is 0.452 e. The van der Waals surface area contributed by atoms with E-state index >= 15 is 0 Å². The van der Waals surface area contributed by atoms with Gasteiger partial charge in [-0.25, -0.2) is 4.79 Å². The summed E-state index contributed by atoms with van der Waals surface area (Å²) in [4.78, 5) is 35.7. The summed E-state index contributed by atoms with van der Waals surface area (Å²) in [5.41, 5.74) is 1.12. The highest BCUT2D eigenvalue weighted by Gasteiger charge is 2.20. The van der Waals surface area contributed by atoms with Crippen LogP contribution in [-0.2, 0) is 16.1 Å². The second kappa shape index (κ2) is 9.53. The van der Waals surface area contributed by atoms with Gasteiger partial charge in [0.1, 0.15) is 0 Å². The molecule has 1 fully saturated rings. The molecule has 30 heavy (non-hydrogen) atoms. The molecule has 0 aliphatic carbocycles. The lowest BCUT2D eigenvalue weighted by Crippen LogP contribution is -2.29. The molecule has 1 saturated heterocycles. The molecule has 0 N–H and O–H groups in total. The molecule has 0 unspecified atom stereocenters. The number of likely N-dealkylation sites (tertiary alicyclic amines) is 1. The fourth-order valence-corrected chi connectivity index (χ4v) is 4.03. The number of carbonyl (C=O) groups excluding carboxylic acids is 2. The van der Waals surface area contributed by atoms with E-state index in [1.165, 1.54) is 11.8 Å². The van der Waals surface area contributed by atoms with Crippen molar-refractivity contribution in [3.63, 3.8) is 0 Å². The second-order valence-corrected chi connectivity index (χ2v) is 7.72. The maximum absolute atomic E-state index is 12.6. The van der Waals surface area contributed by atoms with Crippen LogP contribution in [0.3, 0.4) is 0 Å². The molecule has 0 spiro atoms. The van der Waals surface area contributed by atoms with Crippen LogP contribution in [-0.4, -0.2) is 50.7 Å². The molecule has 1 amide bonds. The van der Waals surface area contributed by atoms with Crippen molar-refractivity contribution in [3.8, 4) is 11.4 Å². The minimum Gasteiger partial charge on any atom is -0.452 e. The number of benzene rings is 1. The molecule has 0 saturated carbocycles. The van der Waals surface area contributed by atoms with E-state index in [0.717, 1.165) is 25.9 Å². The van der Waals surface area contributed by atoms with Crippen LogP contribution in [0, 0.1) is 0 Å². The second-order valence-electron chi connectivity index (χ2n) is 6.70. The van der Waals surface area contributed by atoms with Crippen LogP contribution < -0.4 is 0 Å². The molecule has 1 aliphatic heterocycles. The SMILES string of the molecule is O=C(OCc1nc(-c2cccnc2)no1)c1ccccc1SCC(=O)N1CCCC1. The van der Waals surface area contributed by atoms with Crippen molar-refractivity contribution in [1.82, 2.24) is 20.0 Å². The quantitative estimate of drug-likeness (QED) is 0.421. The highest BCUT2D eigenvalue weighted by Crippen LogP contribution is 2.25. The van der Waals surface area contributed by atoms with E-state index in [0.29, 0.717) is 27.6 Å². The van der Waals surface area contributed by atoms with Gasteiger partial charge in [-0.15, -0.1) is 11.8 Å². The zero-order valence-corrected chi connectivity index (χ0v) is 17.0. The first-order chi connectivity index (χ1) is 14.7. The predicted octanol–water partition coefficient (Wildman–Crippen LogP) is 3.20. The van der Waals surface area contributed by atoms with Gasteiger partial charge in [-0.3, -0.25) is 9.78 Å². The van der Waals surface area contributed by atoms with Crippen LogP contribution in [0.25, 0.3) is 11.4 Å². The summed E-state index contributed by atoms with van der Waals surface area (Å²) < 4.78 is 10.5. The van der Waals surface area contributed by atoms with E-state index in [9.17, 15) is 9.59 Å². The van der Waals surface area contributed by atoms with Crippen LogP contribution in [0.4, 0.5) is 0 Å². The summed E-state index contributed by atoms with van der Waals surface area (Å²) >= 11 is 1.34. The summed E-state index contributed by atoms with van der Waals surface area (Å²) in [6.45, 7) is 1.49. The number of nitrogens with zero attached hydrogens (tertiary/aromatic N) is 4. The van der Waals surface area contributed by atoms with Crippen molar-refractivity contribution in [3.05, 3.63) is 60.2 Å². The summed E-state index contributed by atoms with van der Waals surface area (Å²) in [6.07, 6.45) is 5.38. The van der Waals surface area contributed by atoms with Gasteiger partial charge in [0, 0.05) is 35.9 Å². The van der Waals surface area contributed by atoms with Crippen LogP contribution in [0.1, 0.15) is 29.1 Å². The Morgan fingerprint density at radius 1 is 1.13 bits per heavy atom. The Kier molecular flexibility index (Phi) is 6.38. The molecule has 1 aliphatic rings. The number of aromatic nitrogens is 3. The third-order valence-electron chi connectivity index (χ3n) is 4.63. The normalized spacial score (nSPS) is 13.4. The number of amides is 1. The molecular formula is C21H20N4O4S. The topological polar surface area (TPSA) is 98.4 Å². The van der Waals surface area contributed by atoms with Gasteiger partial charge in [0.15, 0.2) is 6.61 Å². The standard InChI is InChI=1S/C21H20N4O4S/c26-19(25-10-3-4-11-25)14-30-17-8-2-1-7-16(17)21(27)28-13-18-23-20(24-29-18)15-6-5-9-22-12-15/h1-2,5-9,12H,3-4,10-11,13-14H2. The molecule has 0 bridgehead atoms. The fourth-order valence-electron chi connectivity index (χ4n) is 3.09. The Morgan fingerprint density at radius 3 is 2.77 bits per heavy atom. The van der Waals surface area contributed by atoms with Gasteiger partial charge in [-0.05, 0) is 37.1 Å². The molecule has 8 nitrogen and oxygen atoms in total. The van der Waals surface area contributed by atoms with E-state index in [1.807, 2.05) is 23.1 Å². The minimum atomic E-state index is -0.507. The Balaban J connectivity index is 1.36. The van der Waals surface area contributed by atoms with Crippen LogP contribution >= 0.6 is 11.8 Å². The lowest BCUT2D eigenvalue weighted by atomic mass is 10.2. The van der Waals surface area contributed by atoms with Crippen molar-refractivity contribution in [2.75, 3.05) is 18.8 Å². The van der Waals surface area contributed by atoms with Gasteiger partial charge in [-0.1, -0.05) is 17.3 Å². The van der Waals surface area contributed by atoms with Gasteiger partial charge < -0.3 is 14.2 Å². The number of ether oxygens (including phenoxy) is 1. The smallest absolute Gasteiger partial charge is 0.339 e. The first-order valence-electron chi connectivity index (χ1n) is 9.60. The maximum atomic E-state index is 12.6. The predicted molar refractivity (Wildman–Crippen MR) is 110 cm³/mol. The molecule has 2 aromatic heterocycles. The monoisotopic (exact) mass is 424 g/mol. The van der Waals surface area contributed by atoms with Crippen LogP contribution in [0.2, 0.25) is 0 Å². The summed E-state index contributed by atoms with van der Waals surface area (Å²) in [7, 11) is 0. The van der Waals surface area contributed by atoms with E-state index in [2.05, 4.69) is 15.1 Å².